The van der Waals surface area contributed by atoms with Crippen LogP contribution in [0, 0.1) is 0 Å². The molecular formula is C12H13ClN4O2. The molecule has 0 radical (unpaired) electrons. The summed E-state index contributed by atoms with van der Waals surface area (Å²) >= 11 is 5.84. The number of benzene rings is 1. The average molecular weight is 281 g/mol. The highest BCUT2D eigenvalue weighted by atomic mass is 35.5. The monoisotopic (exact) mass is 280 g/mol. The van der Waals surface area contributed by atoms with Crippen LogP contribution in [-0.4, -0.2) is 31.3 Å². The van der Waals surface area contributed by atoms with Gasteiger partial charge in [0.15, 0.2) is 5.82 Å². The van der Waals surface area contributed by atoms with Gasteiger partial charge >= 0.3 is 5.97 Å². The highest BCUT2D eigenvalue weighted by molar-refractivity contribution is 6.33. The fourth-order valence-corrected chi connectivity index (χ4v) is 1.84. The molecule has 0 amide bonds. The van der Waals surface area contributed by atoms with E-state index in [1.807, 2.05) is 20.8 Å². The molecule has 0 saturated carbocycles. The molecule has 1 aromatic carbocycles. The van der Waals surface area contributed by atoms with Crippen LogP contribution in [0.2, 0.25) is 5.02 Å². The predicted molar refractivity (Wildman–Crippen MR) is 69.8 cm³/mol. The first-order valence-electron chi connectivity index (χ1n) is 5.63. The lowest BCUT2D eigenvalue weighted by Crippen LogP contribution is -2.19. The second-order valence-corrected chi connectivity index (χ2v) is 5.54. The number of hydrogen-bond acceptors (Lipinski definition) is 4. The Morgan fingerprint density at radius 2 is 2.05 bits per heavy atom. The lowest BCUT2D eigenvalue weighted by atomic mass is 9.95. The predicted octanol–water partition coefficient (Wildman–Crippen LogP) is 2.31. The topological polar surface area (TPSA) is 80.9 Å². The van der Waals surface area contributed by atoms with Crippen molar-refractivity contribution in [3.63, 3.8) is 0 Å². The zero-order chi connectivity index (χ0) is 14.2. The van der Waals surface area contributed by atoms with E-state index in [-0.39, 0.29) is 16.0 Å². The molecule has 0 atom stereocenters. The van der Waals surface area contributed by atoms with E-state index in [2.05, 4.69) is 15.5 Å². The number of aromatic carboxylic acids is 1. The Hall–Kier alpha value is -1.95. The van der Waals surface area contributed by atoms with Crippen LogP contribution in [0.5, 0.6) is 0 Å². The van der Waals surface area contributed by atoms with Crippen LogP contribution in [-0.2, 0) is 5.41 Å². The minimum atomic E-state index is -1.09. The second-order valence-electron chi connectivity index (χ2n) is 5.13. The van der Waals surface area contributed by atoms with Crippen LogP contribution in [0.3, 0.4) is 0 Å². The minimum absolute atomic E-state index is 0.0227. The number of carboxylic acids is 1. The van der Waals surface area contributed by atoms with Gasteiger partial charge in [-0.3, -0.25) is 0 Å². The number of halogens is 1. The largest absolute Gasteiger partial charge is 0.478 e. The van der Waals surface area contributed by atoms with Crippen molar-refractivity contribution in [1.29, 1.82) is 0 Å². The van der Waals surface area contributed by atoms with E-state index in [0.717, 1.165) is 0 Å². The van der Waals surface area contributed by atoms with Crippen molar-refractivity contribution in [1.82, 2.24) is 20.2 Å². The van der Waals surface area contributed by atoms with E-state index in [4.69, 9.17) is 16.7 Å². The summed E-state index contributed by atoms with van der Waals surface area (Å²) in [4.78, 5) is 11.1. The fraction of sp³-hybridized carbons (Fsp3) is 0.333. The highest BCUT2D eigenvalue weighted by Crippen LogP contribution is 2.24. The smallest absolute Gasteiger partial charge is 0.337 e. The van der Waals surface area contributed by atoms with Crippen molar-refractivity contribution >= 4 is 17.6 Å². The summed E-state index contributed by atoms with van der Waals surface area (Å²) in [6.45, 7) is 5.93. The number of carbonyl (C=O) groups is 1. The summed E-state index contributed by atoms with van der Waals surface area (Å²) in [5.41, 5.74) is 0.332. The summed E-state index contributed by atoms with van der Waals surface area (Å²) in [5.74, 6) is -0.441. The van der Waals surface area contributed by atoms with Crippen LogP contribution < -0.4 is 0 Å². The second kappa shape index (κ2) is 4.62. The lowest BCUT2D eigenvalue weighted by molar-refractivity contribution is 0.0697. The van der Waals surface area contributed by atoms with Gasteiger partial charge in [-0.15, -0.1) is 5.10 Å². The summed E-state index contributed by atoms with van der Waals surface area (Å²) in [5, 5.41) is 20.8. The Balaban J connectivity index is 2.58. The Labute approximate surface area is 115 Å². The number of tetrazole rings is 1. The van der Waals surface area contributed by atoms with Crippen molar-refractivity contribution in [3.05, 3.63) is 34.6 Å². The highest BCUT2D eigenvalue weighted by Gasteiger charge is 2.23. The van der Waals surface area contributed by atoms with Crippen molar-refractivity contribution in [3.8, 4) is 5.69 Å². The van der Waals surface area contributed by atoms with Crippen molar-refractivity contribution < 1.29 is 9.90 Å². The van der Waals surface area contributed by atoms with E-state index in [0.29, 0.717) is 11.5 Å². The Morgan fingerprint density at radius 3 is 2.63 bits per heavy atom. The maximum atomic E-state index is 11.1. The third-order valence-electron chi connectivity index (χ3n) is 2.57. The molecule has 0 unspecified atom stereocenters. The van der Waals surface area contributed by atoms with E-state index in [1.54, 1.807) is 6.07 Å². The molecule has 6 nitrogen and oxygen atoms in total. The maximum absolute atomic E-state index is 11.1. The van der Waals surface area contributed by atoms with E-state index >= 15 is 0 Å². The molecule has 1 heterocycles. The molecule has 0 spiro atoms. The van der Waals surface area contributed by atoms with Crippen LogP contribution in [0.1, 0.15) is 37.0 Å². The molecule has 2 rings (SSSR count). The summed E-state index contributed by atoms with van der Waals surface area (Å²) in [6, 6.07) is 4.66. The quantitative estimate of drug-likeness (QED) is 0.913. The van der Waals surface area contributed by atoms with Gasteiger partial charge < -0.3 is 5.11 Å². The Kier molecular flexibility index (Phi) is 3.28. The molecule has 1 aromatic heterocycles. The van der Waals surface area contributed by atoms with Gasteiger partial charge in [-0.25, -0.2) is 4.79 Å². The molecule has 0 saturated heterocycles. The van der Waals surface area contributed by atoms with Crippen LogP contribution >= 0.6 is 11.6 Å². The van der Waals surface area contributed by atoms with Gasteiger partial charge in [0.1, 0.15) is 0 Å². The van der Waals surface area contributed by atoms with Crippen LogP contribution in [0.4, 0.5) is 0 Å². The molecule has 100 valence electrons. The molecule has 1 N–H and O–H groups in total. The number of rotatable bonds is 2. The normalized spacial score (nSPS) is 11.6. The summed E-state index contributed by atoms with van der Waals surface area (Å²) in [7, 11) is 0. The zero-order valence-electron chi connectivity index (χ0n) is 10.8. The Bertz CT molecular complexity index is 631. The maximum Gasteiger partial charge on any atom is 0.337 e. The van der Waals surface area contributed by atoms with Gasteiger partial charge in [0.2, 0.25) is 0 Å². The van der Waals surface area contributed by atoms with Crippen molar-refractivity contribution in [2.45, 2.75) is 26.2 Å². The van der Waals surface area contributed by atoms with Gasteiger partial charge in [0.05, 0.1) is 16.3 Å². The first kappa shape index (κ1) is 13.5. The van der Waals surface area contributed by atoms with E-state index < -0.39 is 5.97 Å². The molecule has 0 aliphatic carbocycles. The molecule has 0 fully saturated rings. The van der Waals surface area contributed by atoms with Crippen LogP contribution in [0.15, 0.2) is 18.2 Å². The third-order valence-corrected chi connectivity index (χ3v) is 2.89. The number of aromatic nitrogens is 4. The minimum Gasteiger partial charge on any atom is -0.478 e. The molecule has 0 bridgehead atoms. The first-order valence-corrected chi connectivity index (χ1v) is 6.00. The van der Waals surface area contributed by atoms with E-state index in [1.165, 1.54) is 16.8 Å². The molecule has 19 heavy (non-hydrogen) atoms. The number of carboxylic acid groups (broad SMARTS) is 1. The van der Waals surface area contributed by atoms with E-state index in [9.17, 15) is 4.79 Å². The molecule has 0 aliphatic heterocycles. The summed E-state index contributed by atoms with van der Waals surface area (Å²) < 4.78 is 1.52. The number of hydrogen-bond donors (Lipinski definition) is 1. The SMILES string of the molecule is CC(C)(C)c1nnnn1-c1ccc(Cl)c(C(=O)O)c1. The first-order chi connectivity index (χ1) is 8.80. The third kappa shape index (κ3) is 2.58. The standard InChI is InChI=1S/C12H13ClN4O2/c1-12(2,3)11-14-15-16-17(11)7-4-5-9(13)8(6-7)10(18)19/h4-6H,1-3H3,(H,18,19). The van der Waals surface area contributed by atoms with Gasteiger partial charge in [-0.2, -0.15) is 4.68 Å². The Morgan fingerprint density at radius 1 is 1.37 bits per heavy atom. The zero-order valence-corrected chi connectivity index (χ0v) is 11.5. The fourth-order valence-electron chi connectivity index (χ4n) is 1.64. The van der Waals surface area contributed by atoms with Gasteiger partial charge in [-0.05, 0) is 28.6 Å². The lowest BCUT2D eigenvalue weighted by Gasteiger charge is -2.17. The summed E-state index contributed by atoms with van der Waals surface area (Å²) in [6.07, 6.45) is 0. The molecular weight excluding hydrogens is 268 g/mol. The van der Waals surface area contributed by atoms with Gasteiger partial charge in [0, 0.05) is 5.41 Å². The molecule has 7 heteroatoms. The van der Waals surface area contributed by atoms with Crippen LogP contribution in [0.25, 0.3) is 5.69 Å². The van der Waals surface area contributed by atoms with Gasteiger partial charge in [-0.1, -0.05) is 32.4 Å². The molecule has 2 aromatic rings. The van der Waals surface area contributed by atoms with Crippen molar-refractivity contribution in [2.75, 3.05) is 0 Å². The molecule has 0 aliphatic rings. The van der Waals surface area contributed by atoms with Gasteiger partial charge in [0.25, 0.3) is 0 Å². The number of nitrogens with zero attached hydrogens (tertiary/aromatic N) is 4. The van der Waals surface area contributed by atoms with Crippen molar-refractivity contribution in [2.24, 2.45) is 0 Å². The average Bonchev–Trinajstić information content (AvgIpc) is 2.77.